The number of benzene rings is 7. The summed E-state index contributed by atoms with van der Waals surface area (Å²) in [5.74, 6) is -15.0. The number of nitrogens with two attached hydrogens (primary N) is 2. The number of aromatic hydroxyl groups is 4. The molecule has 0 radical (unpaired) electrons. The smallest absolute Gasteiger partial charge is 0.330 e. The molecule has 16 rings (SSSR count). The van der Waals surface area contributed by atoms with Crippen molar-refractivity contribution in [2.24, 2.45) is 11.5 Å². The topological polar surface area (TPSA) is 620 Å². The Bertz CT molecular complexity index is 5220. The molecular formula is C84H93Cl2N9O31. The van der Waals surface area contributed by atoms with Gasteiger partial charge < -0.3 is 167 Å². The van der Waals surface area contributed by atoms with Crippen LogP contribution in [-0.4, -0.2) is 251 Å². The Hall–Kier alpha value is -10.9. The largest absolute Gasteiger partial charge is 0.508 e. The van der Waals surface area contributed by atoms with E-state index >= 15 is 28.8 Å². The van der Waals surface area contributed by atoms with E-state index in [1.54, 1.807) is 0 Å². The lowest BCUT2D eigenvalue weighted by molar-refractivity contribution is -0.330. The minimum Gasteiger partial charge on any atom is -0.508 e. The van der Waals surface area contributed by atoms with Crippen LogP contribution in [0.1, 0.15) is 115 Å². The molecule has 42 heteroatoms. The van der Waals surface area contributed by atoms with Gasteiger partial charge in [0.25, 0.3) is 0 Å². The van der Waals surface area contributed by atoms with E-state index in [4.69, 9.17) is 86.8 Å². The van der Waals surface area contributed by atoms with Crippen molar-refractivity contribution in [2.45, 2.75) is 199 Å². The Morgan fingerprint density at radius 2 is 1.10 bits per heavy atom. The van der Waals surface area contributed by atoms with Crippen LogP contribution in [0.4, 0.5) is 0 Å². The average Bonchev–Trinajstić information content (AvgIpc) is 0.762. The van der Waals surface area contributed by atoms with Crippen LogP contribution in [0, 0.1) is 0 Å². The molecule has 126 heavy (non-hydrogen) atoms. The van der Waals surface area contributed by atoms with Crippen LogP contribution in [0.25, 0.3) is 11.1 Å². The van der Waals surface area contributed by atoms with Crippen LogP contribution in [0.3, 0.4) is 0 Å². The van der Waals surface area contributed by atoms with E-state index in [2.05, 4.69) is 37.2 Å². The van der Waals surface area contributed by atoms with Gasteiger partial charge in [-0.25, -0.2) is 4.79 Å². The first kappa shape index (κ1) is 91.3. The Kier molecular flexibility index (Phi) is 27.5. The molecule has 674 valence electrons. The SMILES string of the molecule is CN[C@H](C(=O)N[C@@H]1C(=O)N[C@@H](c2ccc(O)c(Cl)c2)C(=O)N[C@H]2C(=O)N[C@@H]3C(=O)N[C@@H](C(=O)NC(C(=O)O)c4cc(O)cc(O)c4-c4cc3ccc4O)[C@H](O[C@H]3C[C@@H](N)[C@H](O)[C@@H](C)O3)c3ccc(c(Cl)c3)Oc3cc2cc(c3O[C@H]2O[C@H](CO)[C@H](O)[C@H](O)[C@H]2O[C@H]2C[C@H](N)[C@@H](O)[C@H](C)O2)Oc2ccc(cc2)[C@@H]1O)c1ccc(O[C@@H]2O[C@H](C)[C@@H](O)[C@H](O)[C@H]2OC)cc1. The highest BCUT2D eigenvalue weighted by atomic mass is 35.5. The standard InChI is InChI=1S/C84H93Cl2N9O31/c1-30-65(101)46(87)27-55(117-30)124-72-37-12-19-51(45(86)22-37)122-53-24-38-23-52(73(53)126-84-75(71(107)69(105)54(29-96)123-84)125-56-28-47(88)66(102)31(2)118-56)120-40-15-8-34(9-16-40)68(104)63(94-76(108)58(89-4)33-6-13-41(14-7-33)121-83-74(116-5)70(106)67(103)32(3)119-83)80(112)91-60(36-11-18-49(99)44(85)21-36)77(109)92-61(38)79(111)90-59-35-10-17-48(98)42(20-35)57-43(25-39(97)26-50(57)100)62(82(114)115)93-81(113)64(72)95-78(59)110/h6-26,30-32,46-47,54-56,58-72,74-75,83-84,89,96-107H,27-29,87-88H2,1-5H3,(H,90,111)(H,91,112)(H,92,109)(H,93,113)(H,94,108)(H,95,110)(H,114,115)/t30-,31+,32-,46-,47+,54-,55+,56+,58+,59+,60+,61-,62?,63+,64-,65-,66+,67-,68+,69+,70+,71+,72-,74-,75-,83+,84-/m1/s1. The molecule has 4 saturated heterocycles. The third-order valence-corrected chi connectivity index (χ3v) is 23.5. The molecule has 11 bridgehead atoms. The maximum Gasteiger partial charge on any atom is 0.330 e. The Morgan fingerprint density at radius 1 is 0.540 bits per heavy atom. The number of halogens is 2. The molecule has 1 unspecified atom stereocenters. The van der Waals surface area contributed by atoms with Crippen LogP contribution in [-0.2, 0) is 66.7 Å². The quantitative estimate of drug-likeness (QED) is 0.0640. The van der Waals surface area contributed by atoms with Gasteiger partial charge in [0.1, 0.15) is 125 Å². The number of ether oxygens (including phenoxy) is 11. The van der Waals surface area contributed by atoms with Crippen molar-refractivity contribution in [3.8, 4) is 68.6 Å². The highest BCUT2D eigenvalue weighted by molar-refractivity contribution is 6.32. The summed E-state index contributed by atoms with van der Waals surface area (Å²) in [4.78, 5) is 110. The number of hydrogen-bond acceptors (Lipinski definition) is 33. The molecule has 7 aromatic rings. The van der Waals surface area contributed by atoms with Gasteiger partial charge in [0, 0.05) is 54.8 Å². The lowest BCUT2D eigenvalue weighted by Gasteiger charge is -2.44. The lowest BCUT2D eigenvalue weighted by atomic mass is 9.89. The number of amides is 6. The summed E-state index contributed by atoms with van der Waals surface area (Å²) in [6.07, 6.45) is -27.7. The molecular weight excluding hydrogens is 1700 g/mol. The molecule has 6 amide bonds. The molecule has 9 aliphatic rings. The van der Waals surface area contributed by atoms with Crippen LogP contribution in [0.15, 0.2) is 127 Å². The molecule has 9 aliphatic heterocycles. The number of methoxy groups -OCH3 is 1. The van der Waals surface area contributed by atoms with Gasteiger partial charge in [-0.1, -0.05) is 65.7 Å². The zero-order valence-electron chi connectivity index (χ0n) is 67.4. The number of carbonyl (C=O) groups excluding carboxylic acids is 6. The van der Waals surface area contributed by atoms with Crippen molar-refractivity contribution in [3.05, 3.63) is 176 Å². The second-order valence-electron chi connectivity index (χ2n) is 31.4. The molecule has 9 heterocycles. The number of nitrogens with one attached hydrogen (secondary N) is 7. The van der Waals surface area contributed by atoms with Crippen molar-refractivity contribution >= 4 is 64.6 Å². The molecule has 27 atom stereocenters. The molecule has 4 fully saturated rings. The van der Waals surface area contributed by atoms with E-state index in [-0.39, 0.29) is 52.2 Å². The molecule has 0 spiro atoms. The summed E-state index contributed by atoms with van der Waals surface area (Å²) in [6, 6.07) is 7.58. The van der Waals surface area contributed by atoms with Gasteiger partial charge >= 0.3 is 5.97 Å². The number of likely N-dealkylation sites (N-methyl/N-ethyl adjacent to an activating group) is 1. The minimum absolute atomic E-state index is 0.122. The number of phenolic OH excluding ortho intramolecular Hbond substituents is 4. The fourth-order valence-corrected chi connectivity index (χ4v) is 16.4. The second kappa shape index (κ2) is 37.9. The van der Waals surface area contributed by atoms with Crippen molar-refractivity contribution in [3.63, 3.8) is 0 Å². The highest BCUT2D eigenvalue weighted by Gasteiger charge is 2.52. The first-order chi connectivity index (χ1) is 60.0. The van der Waals surface area contributed by atoms with E-state index in [0.29, 0.717) is 0 Å². The molecule has 40 nitrogen and oxygen atoms in total. The number of rotatable bonds is 16. The third-order valence-electron chi connectivity index (χ3n) is 22.9. The zero-order chi connectivity index (χ0) is 90.5. The fraction of sp³-hybridized carbons (Fsp3) is 0.417. The number of aliphatic hydroxyl groups is 8. The monoisotopic (exact) mass is 1790 g/mol. The Balaban J connectivity index is 0.965. The zero-order valence-corrected chi connectivity index (χ0v) is 68.9. The Labute approximate surface area is 726 Å². The highest BCUT2D eigenvalue weighted by Crippen LogP contribution is 2.50. The van der Waals surface area contributed by atoms with Crippen molar-refractivity contribution < 1.29 is 152 Å². The molecule has 7 aromatic carbocycles. The second-order valence-corrected chi connectivity index (χ2v) is 32.2. The number of phenols is 4. The maximum atomic E-state index is 16.7. The van der Waals surface area contributed by atoms with Gasteiger partial charge in [-0.3, -0.25) is 28.8 Å². The number of carboxylic acids is 1. The number of carbonyl (C=O) groups is 7. The summed E-state index contributed by atoms with van der Waals surface area (Å²) in [5, 5.41) is 165. The van der Waals surface area contributed by atoms with Crippen molar-refractivity contribution in [1.29, 1.82) is 0 Å². The van der Waals surface area contributed by atoms with Crippen LogP contribution in [0.2, 0.25) is 10.0 Å². The minimum atomic E-state index is -2.39. The predicted molar refractivity (Wildman–Crippen MR) is 433 cm³/mol. The van der Waals surface area contributed by atoms with Crippen molar-refractivity contribution in [1.82, 2.24) is 37.2 Å². The Morgan fingerprint density at radius 3 is 1.70 bits per heavy atom. The average molecular weight is 1800 g/mol. The first-order valence-electron chi connectivity index (χ1n) is 39.8. The summed E-state index contributed by atoms with van der Waals surface area (Å²) in [5.41, 5.74) is 10.0. The number of hydrogen-bond donors (Lipinski definition) is 22. The maximum absolute atomic E-state index is 16.7. The van der Waals surface area contributed by atoms with Gasteiger partial charge in [-0.05, 0) is 140 Å². The van der Waals surface area contributed by atoms with Gasteiger partial charge in [0.05, 0.1) is 47.2 Å². The fourth-order valence-electron chi connectivity index (χ4n) is 16.0. The number of aliphatic hydroxyl groups excluding tert-OH is 8. The van der Waals surface area contributed by atoms with E-state index in [1.165, 1.54) is 102 Å². The van der Waals surface area contributed by atoms with Crippen LogP contribution < -0.4 is 67.6 Å². The molecule has 24 N–H and O–H groups in total. The van der Waals surface area contributed by atoms with Crippen LogP contribution in [0.5, 0.6) is 57.5 Å². The lowest BCUT2D eigenvalue weighted by Crippen LogP contribution is -2.62. The van der Waals surface area contributed by atoms with E-state index in [0.717, 1.165) is 60.7 Å². The summed E-state index contributed by atoms with van der Waals surface area (Å²) < 4.78 is 69.1. The molecule has 0 saturated carbocycles. The van der Waals surface area contributed by atoms with E-state index in [9.17, 15) is 71.2 Å². The normalized spacial score (nSPS) is 32.1. The van der Waals surface area contributed by atoms with Crippen molar-refractivity contribution in [2.75, 3.05) is 20.8 Å². The number of fused-ring (bicyclic) bond motifs is 15. The van der Waals surface area contributed by atoms with Gasteiger partial charge in [0.2, 0.25) is 53.8 Å². The molecule has 0 aliphatic carbocycles. The van der Waals surface area contributed by atoms with E-state index in [1.807, 2.05) is 0 Å². The van der Waals surface area contributed by atoms with Gasteiger partial charge in [-0.15, -0.1) is 0 Å². The number of carboxylic acid groups (broad SMARTS) is 1. The summed E-state index contributed by atoms with van der Waals surface area (Å²) in [6.45, 7) is 3.47. The first-order valence-corrected chi connectivity index (χ1v) is 40.6. The van der Waals surface area contributed by atoms with Crippen LogP contribution >= 0.6 is 23.2 Å². The number of aliphatic carboxylic acids is 1. The van der Waals surface area contributed by atoms with E-state index < -0.39 is 291 Å². The predicted octanol–water partition coefficient (Wildman–Crippen LogP) is 0.953. The third kappa shape index (κ3) is 18.9. The molecule has 0 aromatic heterocycles. The van der Waals surface area contributed by atoms with Gasteiger partial charge in [-0.2, -0.15) is 0 Å². The van der Waals surface area contributed by atoms with Gasteiger partial charge in [0.15, 0.2) is 36.2 Å². The summed E-state index contributed by atoms with van der Waals surface area (Å²) >= 11 is 14.0. The summed E-state index contributed by atoms with van der Waals surface area (Å²) in [7, 11) is 2.68.